The number of hydrogen-bond donors (Lipinski definition) is 1. The second-order valence-electron chi connectivity index (χ2n) is 5.52. The maximum absolute atomic E-state index is 6.22. The summed E-state index contributed by atoms with van der Waals surface area (Å²) in [6, 6.07) is 8.91. The molecule has 2 rings (SSSR count). The summed E-state index contributed by atoms with van der Waals surface area (Å²) in [7, 11) is 0. The summed E-state index contributed by atoms with van der Waals surface area (Å²) in [6.45, 7) is 3.07. The van der Waals surface area contributed by atoms with Gasteiger partial charge in [0.1, 0.15) is 0 Å². The van der Waals surface area contributed by atoms with Crippen molar-refractivity contribution >= 4 is 0 Å². The van der Waals surface area contributed by atoms with Crippen LogP contribution in [0.1, 0.15) is 43.2 Å². The van der Waals surface area contributed by atoms with E-state index in [9.17, 15) is 0 Å². The molecule has 2 N–H and O–H groups in total. The van der Waals surface area contributed by atoms with Crippen molar-refractivity contribution < 1.29 is 4.74 Å². The molecule has 0 bridgehead atoms. The lowest BCUT2D eigenvalue weighted by Gasteiger charge is -2.23. The Kier molecular flexibility index (Phi) is 5.21. The first kappa shape index (κ1) is 13.6. The van der Waals surface area contributed by atoms with Crippen molar-refractivity contribution in [1.29, 1.82) is 0 Å². The molecule has 1 aromatic rings. The number of ether oxygens (including phenoxy) is 1. The quantitative estimate of drug-likeness (QED) is 0.867. The molecule has 2 atom stereocenters. The molecule has 0 aromatic heterocycles. The second-order valence-corrected chi connectivity index (χ2v) is 5.52. The van der Waals surface area contributed by atoms with E-state index in [0.717, 1.165) is 25.9 Å². The van der Waals surface area contributed by atoms with Crippen molar-refractivity contribution in [3.63, 3.8) is 0 Å². The maximum Gasteiger partial charge on any atom is 0.0575 e. The van der Waals surface area contributed by atoms with E-state index in [2.05, 4.69) is 31.2 Å². The van der Waals surface area contributed by atoms with Gasteiger partial charge in [0.2, 0.25) is 0 Å². The Labute approximate surface area is 111 Å². The van der Waals surface area contributed by atoms with Crippen molar-refractivity contribution in [1.82, 2.24) is 0 Å². The molecule has 1 fully saturated rings. The summed E-state index contributed by atoms with van der Waals surface area (Å²) in [4.78, 5) is 0. The average molecular weight is 247 g/mol. The first-order chi connectivity index (χ1) is 8.74. The van der Waals surface area contributed by atoms with Gasteiger partial charge in [-0.3, -0.25) is 0 Å². The highest BCUT2D eigenvalue weighted by atomic mass is 16.5. The first-order valence-corrected chi connectivity index (χ1v) is 7.17. The molecule has 0 radical (unpaired) electrons. The van der Waals surface area contributed by atoms with Crippen LogP contribution in [0.25, 0.3) is 0 Å². The highest BCUT2D eigenvalue weighted by Gasteiger charge is 2.15. The topological polar surface area (TPSA) is 35.2 Å². The molecule has 100 valence electrons. The van der Waals surface area contributed by atoms with E-state index in [1.807, 2.05) is 0 Å². The standard InChI is InChI=1S/C16H25NO/c1-13-5-4-6-14(11-13)12-15(17)8-9-16-7-2-3-10-18-16/h4-6,11,15-16H,2-3,7-10,12,17H2,1H3. The Morgan fingerprint density at radius 3 is 3.00 bits per heavy atom. The lowest BCUT2D eigenvalue weighted by Crippen LogP contribution is -2.27. The fourth-order valence-corrected chi connectivity index (χ4v) is 2.68. The van der Waals surface area contributed by atoms with Gasteiger partial charge in [0.25, 0.3) is 0 Å². The van der Waals surface area contributed by atoms with Crippen LogP contribution >= 0.6 is 0 Å². The molecule has 2 unspecified atom stereocenters. The summed E-state index contributed by atoms with van der Waals surface area (Å²) in [5.74, 6) is 0. The van der Waals surface area contributed by atoms with Crippen LogP contribution in [0.3, 0.4) is 0 Å². The van der Waals surface area contributed by atoms with Gasteiger partial charge in [-0.15, -0.1) is 0 Å². The van der Waals surface area contributed by atoms with Crippen molar-refractivity contribution in [2.24, 2.45) is 5.73 Å². The summed E-state index contributed by atoms with van der Waals surface area (Å²) in [6.07, 6.45) is 7.39. The SMILES string of the molecule is Cc1cccc(CC(N)CCC2CCCCO2)c1. The summed E-state index contributed by atoms with van der Waals surface area (Å²) >= 11 is 0. The van der Waals surface area contributed by atoms with Crippen LogP contribution in [0.2, 0.25) is 0 Å². The molecule has 0 spiro atoms. The number of hydrogen-bond acceptors (Lipinski definition) is 2. The molecular weight excluding hydrogens is 222 g/mol. The molecule has 1 heterocycles. The van der Waals surface area contributed by atoms with E-state index in [1.54, 1.807) is 0 Å². The molecule has 18 heavy (non-hydrogen) atoms. The van der Waals surface area contributed by atoms with Gasteiger partial charge in [-0.2, -0.15) is 0 Å². The highest BCUT2D eigenvalue weighted by molar-refractivity contribution is 5.22. The predicted octanol–water partition coefficient (Wildman–Crippen LogP) is 3.21. The van der Waals surface area contributed by atoms with E-state index >= 15 is 0 Å². The maximum atomic E-state index is 6.22. The van der Waals surface area contributed by atoms with Gasteiger partial charge in [-0.25, -0.2) is 0 Å². The molecule has 1 aromatic carbocycles. The molecule has 0 amide bonds. The van der Waals surface area contributed by atoms with Crippen LogP contribution in [-0.4, -0.2) is 18.8 Å². The Balaban J connectivity index is 1.72. The first-order valence-electron chi connectivity index (χ1n) is 7.17. The number of aryl methyl sites for hydroxylation is 1. The number of nitrogens with two attached hydrogens (primary N) is 1. The van der Waals surface area contributed by atoms with Crippen molar-refractivity contribution in [3.05, 3.63) is 35.4 Å². The summed E-state index contributed by atoms with van der Waals surface area (Å²) in [5, 5.41) is 0. The van der Waals surface area contributed by atoms with Crippen molar-refractivity contribution in [3.8, 4) is 0 Å². The minimum absolute atomic E-state index is 0.261. The molecule has 0 aliphatic carbocycles. The zero-order valence-electron chi connectivity index (χ0n) is 11.4. The monoisotopic (exact) mass is 247 g/mol. The highest BCUT2D eigenvalue weighted by Crippen LogP contribution is 2.18. The van der Waals surface area contributed by atoms with Crippen LogP contribution in [-0.2, 0) is 11.2 Å². The van der Waals surface area contributed by atoms with Gasteiger partial charge in [-0.05, 0) is 51.0 Å². The second kappa shape index (κ2) is 6.91. The molecule has 1 saturated heterocycles. The zero-order valence-corrected chi connectivity index (χ0v) is 11.4. The van der Waals surface area contributed by atoms with Crippen LogP contribution in [0.4, 0.5) is 0 Å². The fourth-order valence-electron chi connectivity index (χ4n) is 2.68. The third-order valence-electron chi connectivity index (χ3n) is 3.71. The van der Waals surface area contributed by atoms with E-state index < -0.39 is 0 Å². The lowest BCUT2D eigenvalue weighted by molar-refractivity contribution is 0.00915. The molecule has 1 aliphatic heterocycles. The largest absolute Gasteiger partial charge is 0.378 e. The predicted molar refractivity (Wildman–Crippen MR) is 75.7 cm³/mol. The van der Waals surface area contributed by atoms with Gasteiger partial charge in [-0.1, -0.05) is 29.8 Å². The van der Waals surface area contributed by atoms with Gasteiger partial charge >= 0.3 is 0 Å². The van der Waals surface area contributed by atoms with Crippen molar-refractivity contribution in [2.45, 2.75) is 57.6 Å². The van der Waals surface area contributed by atoms with Crippen LogP contribution in [0.15, 0.2) is 24.3 Å². The molecule has 2 nitrogen and oxygen atoms in total. The Morgan fingerprint density at radius 2 is 2.28 bits per heavy atom. The van der Waals surface area contributed by atoms with Crippen LogP contribution in [0.5, 0.6) is 0 Å². The average Bonchev–Trinajstić information content (AvgIpc) is 2.38. The molecule has 2 heteroatoms. The van der Waals surface area contributed by atoms with Crippen molar-refractivity contribution in [2.75, 3.05) is 6.61 Å². The smallest absolute Gasteiger partial charge is 0.0575 e. The Hall–Kier alpha value is -0.860. The molecule has 0 saturated carbocycles. The summed E-state index contributed by atoms with van der Waals surface area (Å²) in [5.41, 5.74) is 8.89. The van der Waals surface area contributed by atoms with Gasteiger partial charge in [0, 0.05) is 12.6 Å². The number of benzene rings is 1. The molecular formula is C16H25NO. The van der Waals surface area contributed by atoms with Crippen LogP contribution < -0.4 is 5.73 Å². The number of rotatable bonds is 5. The Morgan fingerprint density at radius 1 is 1.39 bits per heavy atom. The van der Waals surface area contributed by atoms with E-state index in [0.29, 0.717) is 6.10 Å². The zero-order chi connectivity index (χ0) is 12.8. The fraction of sp³-hybridized carbons (Fsp3) is 0.625. The minimum atomic E-state index is 0.261. The minimum Gasteiger partial charge on any atom is -0.378 e. The van der Waals surface area contributed by atoms with Gasteiger partial charge in [0.05, 0.1) is 6.10 Å². The third kappa shape index (κ3) is 4.43. The molecule has 1 aliphatic rings. The summed E-state index contributed by atoms with van der Waals surface area (Å²) < 4.78 is 5.74. The van der Waals surface area contributed by atoms with E-state index in [1.165, 1.54) is 30.4 Å². The van der Waals surface area contributed by atoms with E-state index in [-0.39, 0.29) is 6.04 Å². The normalized spacial score (nSPS) is 21.8. The van der Waals surface area contributed by atoms with Gasteiger partial charge in [0.15, 0.2) is 0 Å². The van der Waals surface area contributed by atoms with Crippen LogP contribution in [0, 0.1) is 6.92 Å². The third-order valence-corrected chi connectivity index (χ3v) is 3.71. The Bertz CT molecular complexity index is 358. The lowest BCUT2D eigenvalue weighted by atomic mass is 9.97. The van der Waals surface area contributed by atoms with Gasteiger partial charge < -0.3 is 10.5 Å². The van der Waals surface area contributed by atoms with E-state index in [4.69, 9.17) is 10.5 Å².